The fraction of sp³-hybridized carbons (Fsp3) is 0.448. The lowest BCUT2D eigenvalue weighted by molar-refractivity contribution is 0.0937. The van der Waals surface area contributed by atoms with Crippen LogP contribution in [0.15, 0.2) is 53.9 Å². The summed E-state index contributed by atoms with van der Waals surface area (Å²) >= 11 is 1.66. The number of anilines is 1. The zero-order valence-electron chi connectivity index (χ0n) is 22.9. The van der Waals surface area contributed by atoms with Crippen LogP contribution < -0.4 is 15.0 Å². The fourth-order valence-corrected chi connectivity index (χ4v) is 5.11. The molecule has 200 valence electrons. The molecule has 2 aromatic carbocycles. The van der Waals surface area contributed by atoms with Crippen LogP contribution in [0, 0.1) is 0 Å². The number of rotatable bonds is 14. The molecule has 0 atom stereocenters. The van der Waals surface area contributed by atoms with E-state index in [1.807, 2.05) is 48.5 Å². The molecule has 7 nitrogen and oxygen atoms in total. The predicted molar refractivity (Wildman–Crippen MR) is 153 cm³/mol. The van der Waals surface area contributed by atoms with Gasteiger partial charge in [-0.05, 0) is 69.7 Å². The van der Waals surface area contributed by atoms with E-state index in [1.165, 1.54) is 0 Å². The number of carbonyl (C=O) groups is 1. The summed E-state index contributed by atoms with van der Waals surface area (Å²) in [5.74, 6) is 0.744. The molecule has 1 aromatic heterocycles. The quantitative estimate of drug-likeness (QED) is 0.288. The van der Waals surface area contributed by atoms with Crippen molar-refractivity contribution >= 4 is 22.4 Å². The maximum absolute atomic E-state index is 12.4. The van der Waals surface area contributed by atoms with Gasteiger partial charge in [-0.25, -0.2) is 4.98 Å². The van der Waals surface area contributed by atoms with Crippen molar-refractivity contribution in [3.63, 3.8) is 0 Å². The lowest BCUT2D eigenvalue weighted by atomic mass is 10.1. The van der Waals surface area contributed by atoms with E-state index in [4.69, 9.17) is 14.5 Å². The highest BCUT2D eigenvalue weighted by molar-refractivity contribution is 7.14. The Balaban J connectivity index is 1.78. The van der Waals surface area contributed by atoms with Crippen LogP contribution in [-0.2, 0) is 11.3 Å². The first kappa shape index (κ1) is 28.6. The van der Waals surface area contributed by atoms with E-state index in [9.17, 15) is 4.79 Å². The number of amides is 1. The zero-order valence-corrected chi connectivity index (χ0v) is 23.7. The van der Waals surface area contributed by atoms with Crippen LogP contribution in [0.25, 0.3) is 11.3 Å². The van der Waals surface area contributed by atoms with Gasteiger partial charge >= 0.3 is 0 Å². The number of aromatic nitrogens is 1. The van der Waals surface area contributed by atoms with Crippen LogP contribution in [0.1, 0.15) is 43.6 Å². The summed E-state index contributed by atoms with van der Waals surface area (Å²) in [6.45, 7) is 12.5. The topological polar surface area (TPSA) is 66.9 Å². The molecule has 37 heavy (non-hydrogen) atoms. The predicted octanol–water partition coefficient (Wildman–Crippen LogP) is 5.32. The van der Waals surface area contributed by atoms with Crippen molar-refractivity contribution in [2.24, 2.45) is 0 Å². The molecule has 0 bridgehead atoms. The number of methoxy groups -OCH3 is 2. The monoisotopic (exact) mass is 524 g/mol. The molecule has 0 unspecified atom stereocenters. The molecular weight excluding hydrogens is 484 g/mol. The Kier molecular flexibility index (Phi) is 10.9. The van der Waals surface area contributed by atoms with E-state index in [0.29, 0.717) is 37.3 Å². The summed E-state index contributed by atoms with van der Waals surface area (Å²) in [6, 6.07) is 16.7. The van der Waals surface area contributed by atoms with Crippen LogP contribution in [0.3, 0.4) is 0 Å². The van der Waals surface area contributed by atoms with Crippen molar-refractivity contribution in [2.45, 2.75) is 46.3 Å². The fourth-order valence-electron chi connectivity index (χ4n) is 4.25. The number of carbonyl (C=O) groups excluding carboxylic acids is 1. The number of thiazole rings is 1. The number of hydrogen-bond donors (Lipinski definition) is 1. The second-order valence-corrected chi connectivity index (χ2v) is 10.4. The molecule has 0 spiro atoms. The molecule has 8 heteroatoms. The Morgan fingerprint density at radius 3 is 2.24 bits per heavy atom. The summed E-state index contributed by atoms with van der Waals surface area (Å²) in [7, 11) is 3.29. The summed E-state index contributed by atoms with van der Waals surface area (Å²) < 4.78 is 10.3. The molecule has 0 aliphatic carbocycles. The average molecular weight is 525 g/mol. The van der Waals surface area contributed by atoms with Gasteiger partial charge in [-0.2, -0.15) is 0 Å². The van der Waals surface area contributed by atoms with Gasteiger partial charge in [0.1, 0.15) is 5.75 Å². The molecule has 0 fully saturated rings. The van der Waals surface area contributed by atoms with Crippen molar-refractivity contribution in [1.82, 2.24) is 15.2 Å². The Hall–Kier alpha value is -2.94. The van der Waals surface area contributed by atoms with Crippen molar-refractivity contribution in [3.8, 4) is 17.0 Å². The maximum Gasteiger partial charge on any atom is 0.251 e. The number of ether oxygens (including phenoxy) is 2. The molecular formula is C29H40N4O3S. The van der Waals surface area contributed by atoms with E-state index in [2.05, 4.69) is 48.2 Å². The highest BCUT2D eigenvalue weighted by Crippen LogP contribution is 2.29. The normalized spacial score (nSPS) is 11.4. The van der Waals surface area contributed by atoms with Gasteiger partial charge in [0.15, 0.2) is 5.13 Å². The minimum atomic E-state index is -0.0889. The van der Waals surface area contributed by atoms with Gasteiger partial charge in [-0.15, -0.1) is 11.3 Å². The third kappa shape index (κ3) is 8.28. The highest BCUT2D eigenvalue weighted by Gasteiger charge is 2.18. The third-order valence-corrected chi connectivity index (χ3v) is 7.19. The number of benzene rings is 2. The zero-order chi connectivity index (χ0) is 26.8. The second-order valence-electron chi connectivity index (χ2n) is 9.54. The first-order valence-electron chi connectivity index (χ1n) is 12.8. The Morgan fingerprint density at radius 2 is 1.65 bits per heavy atom. The molecule has 0 aliphatic heterocycles. The first-order valence-corrected chi connectivity index (χ1v) is 13.7. The molecule has 3 rings (SSSR count). The molecule has 0 saturated heterocycles. The Morgan fingerprint density at radius 1 is 0.973 bits per heavy atom. The molecule has 3 aromatic rings. The van der Waals surface area contributed by atoms with Crippen molar-refractivity contribution < 1.29 is 14.3 Å². The second kappa shape index (κ2) is 14.1. The maximum atomic E-state index is 12.4. The Bertz CT molecular complexity index is 1090. The average Bonchev–Trinajstić information content (AvgIpc) is 3.38. The van der Waals surface area contributed by atoms with E-state index < -0.39 is 0 Å². The molecule has 0 saturated carbocycles. The molecule has 1 heterocycles. The van der Waals surface area contributed by atoms with Gasteiger partial charge in [0.25, 0.3) is 5.91 Å². The summed E-state index contributed by atoms with van der Waals surface area (Å²) in [4.78, 5) is 22.2. The molecule has 1 N–H and O–H groups in total. The SMILES string of the molecule is COCCNC(=O)c1ccc(CN(CCN(C(C)C)C(C)C)c2nc(-c3ccc(OC)cc3)cs2)cc1. The van der Waals surface area contributed by atoms with Gasteiger partial charge in [0, 0.05) is 61.9 Å². The van der Waals surface area contributed by atoms with Crippen LogP contribution in [0.5, 0.6) is 5.75 Å². The largest absolute Gasteiger partial charge is 0.497 e. The minimum absolute atomic E-state index is 0.0889. The lowest BCUT2D eigenvalue weighted by Crippen LogP contribution is -2.42. The minimum Gasteiger partial charge on any atom is -0.497 e. The smallest absolute Gasteiger partial charge is 0.251 e. The number of nitrogens with one attached hydrogen (secondary N) is 1. The van der Waals surface area contributed by atoms with E-state index >= 15 is 0 Å². The van der Waals surface area contributed by atoms with Crippen molar-refractivity contribution in [3.05, 3.63) is 65.0 Å². The summed E-state index contributed by atoms with van der Waals surface area (Å²) in [6.07, 6.45) is 0. The third-order valence-electron chi connectivity index (χ3n) is 6.28. The van der Waals surface area contributed by atoms with Gasteiger partial charge in [-0.1, -0.05) is 12.1 Å². The van der Waals surface area contributed by atoms with E-state index in [-0.39, 0.29) is 5.91 Å². The van der Waals surface area contributed by atoms with Crippen LogP contribution in [0.4, 0.5) is 5.13 Å². The van der Waals surface area contributed by atoms with E-state index in [1.54, 1.807) is 25.6 Å². The van der Waals surface area contributed by atoms with Crippen molar-refractivity contribution in [2.75, 3.05) is 45.4 Å². The van der Waals surface area contributed by atoms with Gasteiger partial charge in [0.2, 0.25) is 0 Å². The molecule has 0 aliphatic rings. The number of nitrogens with zero attached hydrogens (tertiary/aromatic N) is 3. The van der Waals surface area contributed by atoms with Crippen LogP contribution in [0.2, 0.25) is 0 Å². The summed E-state index contributed by atoms with van der Waals surface area (Å²) in [5, 5.41) is 5.97. The van der Waals surface area contributed by atoms with Crippen LogP contribution in [-0.4, -0.2) is 68.3 Å². The van der Waals surface area contributed by atoms with Gasteiger partial charge < -0.3 is 19.7 Å². The first-order chi connectivity index (χ1) is 17.8. The van der Waals surface area contributed by atoms with Crippen molar-refractivity contribution in [1.29, 1.82) is 0 Å². The standard InChI is InChI=1S/C29H40N4O3S/c1-21(2)33(22(3)4)17-16-32(19-23-7-9-25(10-8-23)28(34)30-15-18-35-5)29-31-27(20-37-29)24-11-13-26(36-6)14-12-24/h7-14,20-22H,15-19H2,1-6H3,(H,30,34). The molecule has 0 radical (unpaired) electrons. The van der Waals surface area contributed by atoms with Gasteiger partial charge in [0.05, 0.1) is 19.4 Å². The highest BCUT2D eigenvalue weighted by atomic mass is 32.1. The lowest BCUT2D eigenvalue weighted by Gasteiger charge is -2.33. The van der Waals surface area contributed by atoms with Gasteiger partial charge in [-0.3, -0.25) is 9.69 Å². The van der Waals surface area contributed by atoms with Crippen LogP contribution >= 0.6 is 11.3 Å². The van der Waals surface area contributed by atoms with E-state index in [0.717, 1.165) is 40.8 Å². The number of hydrogen-bond acceptors (Lipinski definition) is 7. The molecule has 1 amide bonds. The Labute approximate surface area is 225 Å². The summed E-state index contributed by atoms with van der Waals surface area (Å²) in [5.41, 5.74) is 3.81.